The van der Waals surface area contributed by atoms with Crippen LogP contribution in [0.25, 0.3) is 0 Å². The van der Waals surface area contributed by atoms with E-state index in [1.165, 1.54) is 12.1 Å². The van der Waals surface area contributed by atoms with Gasteiger partial charge in [-0.25, -0.2) is 21.6 Å². The van der Waals surface area contributed by atoms with E-state index in [-0.39, 0.29) is 16.3 Å². The van der Waals surface area contributed by atoms with Crippen molar-refractivity contribution in [2.24, 2.45) is 0 Å². The molecule has 0 saturated heterocycles. The van der Waals surface area contributed by atoms with E-state index in [2.05, 4.69) is 4.72 Å². The molecule has 0 spiro atoms. The van der Waals surface area contributed by atoms with Crippen molar-refractivity contribution >= 4 is 25.5 Å². The molecule has 2 rings (SSSR count). The second kappa shape index (κ2) is 4.87. The molecular formula is C12H16N2O4S2. The van der Waals surface area contributed by atoms with E-state index in [0.29, 0.717) is 5.56 Å². The molecule has 110 valence electrons. The zero-order valence-electron chi connectivity index (χ0n) is 11.1. The highest BCUT2D eigenvalue weighted by Crippen LogP contribution is 2.25. The highest BCUT2D eigenvalue weighted by Gasteiger charge is 2.29. The number of nitrogens with one attached hydrogen (secondary N) is 1. The predicted octanol–water partition coefficient (Wildman–Crippen LogP) is 0.475. The zero-order valence-corrected chi connectivity index (χ0v) is 12.8. The van der Waals surface area contributed by atoms with Crippen molar-refractivity contribution in [1.82, 2.24) is 4.72 Å². The van der Waals surface area contributed by atoms with E-state index in [0.717, 1.165) is 11.0 Å². The van der Waals surface area contributed by atoms with E-state index in [1.807, 2.05) is 0 Å². The molecule has 1 aliphatic rings. The topological polar surface area (TPSA) is 106 Å². The van der Waals surface area contributed by atoms with Crippen molar-refractivity contribution in [3.63, 3.8) is 0 Å². The smallest absolute Gasteiger partial charge is 0.243 e. The monoisotopic (exact) mass is 316 g/mol. The average molecular weight is 316 g/mol. The summed E-state index contributed by atoms with van der Waals surface area (Å²) in [6, 6.07) is 2.51. The largest absolute Gasteiger partial charge is 0.398 e. The maximum atomic E-state index is 12.4. The Balaban J connectivity index is 2.38. The molecule has 1 unspecified atom stereocenters. The van der Waals surface area contributed by atoms with Gasteiger partial charge in [-0.1, -0.05) is 12.1 Å². The molecule has 1 heterocycles. The van der Waals surface area contributed by atoms with Crippen molar-refractivity contribution in [3.8, 4) is 0 Å². The summed E-state index contributed by atoms with van der Waals surface area (Å²) in [5, 5.41) is 1.02. The Morgan fingerprint density at radius 2 is 1.95 bits per heavy atom. The number of aryl methyl sites for hydroxylation is 1. The van der Waals surface area contributed by atoms with Gasteiger partial charge in [-0.2, -0.15) is 0 Å². The number of sulfonamides is 1. The maximum Gasteiger partial charge on any atom is 0.243 e. The van der Waals surface area contributed by atoms with Gasteiger partial charge in [-0.15, -0.1) is 0 Å². The molecule has 8 heteroatoms. The van der Waals surface area contributed by atoms with Crippen LogP contribution in [0.4, 0.5) is 5.69 Å². The van der Waals surface area contributed by atoms with Crippen LogP contribution in [0.1, 0.15) is 11.1 Å². The number of hydrogen-bond donors (Lipinski definition) is 2. The Hall–Kier alpha value is -1.38. The first-order chi connectivity index (χ1) is 9.12. The van der Waals surface area contributed by atoms with E-state index in [4.69, 9.17) is 5.73 Å². The zero-order chi connectivity index (χ0) is 15.1. The third kappa shape index (κ3) is 2.87. The summed E-state index contributed by atoms with van der Waals surface area (Å²) in [5.41, 5.74) is 7.25. The van der Waals surface area contributed by atoms with Gasteiger partial charge in [0.25, 0.3) is 0 Å². The fourth-order valence-corrected chi connectivity index (χ4v) is 5.04. The number of sulfone groups is 1. The molecule has 0 fully saturated rings. The lowest BCUT2D eigenvalue weighted by Crippen LogP contribution is -2.36. The third-order valence-electron chi connectivity index (χ3n) is 3.21. The number of anilines is 1. The first-order valence-electron chi connectivity index (χ1n) is 5.91. The quantitative estimate of drug-likeness (QED) is 0.789. The lowest BCUT2D eigenvalue weighted by Gasteiger charge is -2.15. The van der Waals surface area contributed by atoms with Crippen LogP contribution in [0, 0.1) is 13.8 Å². The van der Waals surface area contributed by atoms with Gasteiger partial charge in [-0.3, -0.25) is 0 Å². The number of nitrogen functional groups attached to an aromatic ring is 1. The van der Waals surface area contributed by atoms with Crippen LogP contribution in [-0.2, 0) is 19.9 Å². The molecular weight excluding hydrogens is 300 g/mol. The lowest BCUT2D eigenvalue weighted by atomic mass is 10.1. The summed E-state index contributed by atoms with van der Waals surface area (Å²) in [5.74, 6) is -0.267. The highest BCUT2D eigenvalue weighted by atomic mass is 32.2. The van der Waals surface area contributed by atoms with Gasteiger partial charge in [0.1, 0.15) is 4.90 Å². The Kier molecular flexibility index (Phi) is 3.66. The molecule has 3 N–H and O–H groups in total. The number of nitrogens with two attached hydrogens (primary N) is 1. The minimum Gasteiger partial charge on any atom is -0.398 e. The van der Waals surface area contributed by atoms with E-state index < -0.39 is 25.9 Å². The third-order valence-corrected chi connectivity index (χ3v) is 6.30. The molecule has 0 radical (unpaired) electrons. The van der Waals surface area contributed by atoms with Gasteiger partial charge >= 0.3 is 0 Å². The van der Waals surface area contributed by atoms with Crippen LogP contribution in [0.15, 0.2) is 28.5 Å². The van der Waals surface area contributed by atoms with Gasteiger partial charge in [0.05, 0.1) is 17.5 Å². The number of hydrogen-bond acceptors (Lipinski definition) is 5. The molecule has 1 aromatic rings. The van der Waals surface area contributed by atoms with Crippen molar-refractivity contribution < 1.29 is 16.8 Å². The van der Waals surface area contributed by atoms with E-state index in [9.17, 15) is 16.8 Å². The van der Waals surface area contributed by atoms with Crippen LogP contribution in [-0.4, -0.2) is 28.6 Å². The van der Waals surface area contributed by atoms with Gasteiger partial charge in [-0.05, 0) is 31.0 Å². The van der Waals surface area contributed by atoms with Crippen LogP contribution < -0.4 is 10.5 Å². The van der Waals surface area contributed by atoms with E-state index >= 15 is 0 Å². The summed E-state index contributed by atoms with van der Waals surface area (Å²) < 4.78 is 49.7. The molecule has 20 heavy (non-hydrogen) atoms. The average Bonchev–Trinajstić information content (AvgIpc) is 2.62. The molecule has 1 aromatic carbocycles. The molecule has 0 aromatic heterocycles. The summed E-state index contributed by atoms with van der Waals surface area (Å²) in [4.78, 5) is 0.00944. The SMILES string of the molecule is Cc1ccc(N)c(S(=O)(=O)NC2C=CS(=O)(=O)C2)c1C. The van der Waals surface area contributed by atoms with Crippen LogP contribution in [0.2, 0.25) is 0 Å². The van der Waals surface area contributed by atoms with Gasteiger partial charge < -0.3 is 5.73 Å². The molecule has 6 nitrogen and oxygen atoms in total. The molecule has 1 atom stereocenters. The standard InChI is InChI=1S/C12H16N2O4S2/c1-8-3-4-11(13)12(9(8)2)20(17,18)14-10-5-6-19(15,16)7-10/h3-6,10,14H,7,13H2,1-2H3. The minimum absolute atomic E-state index is 0.00944. The van der Waals surface area contributed by atoms with Gasteiger partial charge in [0, 0.05) is 5.41 Å². The first kappa shape index (κ1) is 15.0. The summed E-state index contributed by atoms with van der Waals surface area (Å²) >= 11 is 0. The van der Waals surface area contributed by atoms with Crippen molar-refractivity contribution in [1.29, 1.82) is 0 Å². The Labute approximate surface area is 118 Å². The predicted molar refractivity (Wildman–Crippen MR) is 77.4 cm³/mol. The van der Waals surface area contributed by atoms with Crippen LogP contribution in [0.5, 0.6) is 0 Å². The molecule has 0 saturated carbocycles. The normalized spacial score (nSPS) is 21.2. The molecule has 0 bridgehead atoms. The Bertz CT molecular complexity index is 780. The fraction of sp³-hybridized carbons (Fsp3) is 0.333. The molecule has 0 aliphatic carbocycles. The summed E-state index contributed by atoms with van der Waals surface area (Å²) in [6.45, 7) is 3.45. The Morgan fingerprint density at radius 1 is 1.30 bits per heavy atom. The number of benzene rings is 1. The second-order valence-corrected chi connectivity index (χ2v) is 8.39. The molecule has 1 aliphatic heterocycles. The van der Waals surface area contributed by atoms with Crippen LogP contribution >= 0.6 is 0 Å². The number of rotatable bonds is 3. The highest BCUT2D eigenvalue weighted by molar-refractivity contribution is 7.94. The van der Waals surface area contributed by atoms with Gasteiger partial charge in [0.15, 0.2) is 9.84 Å². The van der Waals surface area contributed by atoms with Crippen molar-refractivity contribution in [2.45, 2.75) is 24.8 Å². The Morgan fingerprint density at radius 3 is 2.50 bits per heavy atom. The fourth-order valence-electron chi connectivity index (χ4n) is 2.08. The van der Waals surface area contributed by atoms with E-state index in [1.54, 1.807) is 19.9 Å². The second-order valence-electron chi connectivity index (χ2n) is 4.81. The van der Waals surface area contributed by atoms with Crippen molar-refractivity contribution in [3.05, 3.63) is 34.7 Å². The first-order valence-corrected chi connectivity index (χ1v) is 9.11. The van der Waals surface area contributed by atoms with Crippen molar-refractivity contribution in [2.75, 3.05) is 11.5 Å². The summed E-state index contributed by atoms with van der Waals surface area (Å²) in [7, 11) is -7.19. The lowest BCUT2D eigenvalue weighted by molar-refractivity contribution is 0.574. The van der Waals surface area contributed by atoms with Gasteiger partial charge in [0.2, 0.25) is 10.0 Å². The molecule has 0 amide bonds. The minimum atomic E-state index is -3.87. The van der Waals surface area contributed by atoms with Crippen LogP contribution in [0.3, 0.4) is 0 Å². The summed E-state index contributed by atoms with van der Waals surface area (Å²) in [6.07, 6.45) is 1.33. The maximum absolute atomic E-state index is 12.4.